The Morgan fingerprint density at radius 3 is 2.76 bits per heavy atom. The number of nitrogens with zero attached hydrogens (tertiary/aromatic N) is 2. The molecule has 2 atom stereocenters. The van der Waals surface area contributed by atoms with Crippen LogP contribution in [0.4, 0.5) is 5.69 Å². The summed E-state index contributed by atoms with van der Waals surface area (Å²) in [5, 5.41) is 8.89. The second-order valence-electron chi connectivity index (χ2n) is 5.17. The van der Waals surface area contributed by atoms with Crippen LogP contribution in [-0.4, -0.2) is 12.6 Å². The van der Waals surface area contributed by atoms with E-state index >= 15 is 0 Å². The minimum atomic E-state index is 0.593. The molecule has 1 heterocycles. The van der Waals surface area contributed by atoms with Crippen LogP contribution in [-0.2, 0) is 0 Å². The molecule has 0 aromatic heterocycles. The van der Waals surface area contributed by atoms with Crippen molar-refractivity contribution in [1.82, 2.24) is 0 Å². The third-order valence-corrected chi connectivity index (χ3v) is 4.01. The van der Waals surface area contributed by atoms with Crippen LogP contribution in [0.3, 0.4) is 0 Å². The van der Waals surface area contributed by atoms with Crippen molar-refractivity contribution in [2.75, 3.05) is 11.4 Å². The molecular weight excluding hydrogens is 208 g/mol. The van der Waals surface area contributed by atoms with Gasteiger partial charge in [-0.2, -0.15) is 5.26 Å². The summed E-state index contributed by atoms with van der Waals surface area (Å²) in [5.41, 5.74) is 3.26. The number of piperidine rings is 1. The van der Waals surface area contributed by atoms with Gasteiger partial charge in [-0.05, 0) is 56.4 Å². The SMILES string of the molecule is Cc1cc(C#N)ccc1N1CCCC(C)C1C. The molecule has 0 amide bonds. The van der Waals surface area contributed by atoms with E-state index in [0.717, 1.165) is 18.0 Å². The normalized spacial score (nSPS) is 24.5. The standard InChI is InChI=1S/C15H20N2/c1-11-5-4-8-17(13(11)3)15-7-6-14(10-16)9-12(15)2/h6-7,9,11,13H,4-5,8H2,1-3H3. The van der Waals surface area contributed by atoms with Gasteiger partial charge in [-0.15, -0.1) is 0 Å². The molecule has 1 fully saturated rings. The van der Waals surface area contributed by atoms with Crippen LogP contribution in [0.2, 0.25) is 0 Å². The van der Waals surface area contributed by atoms with Gasteiger partial charge in [0.25, 0.3) is 0 Å². The predicted molar refractivity (Wildman–Crippen MR) is 71.1 cm³/mol. The number of nitriles is 1. The van der Waals surface area contributed by atoms with Crippen LogP contribution in [0.1, 0.15) is 37.8 Å². The summed E-state index contributed by atoms with van der Waals surface area (Å²) in [7, 11) is 0. The minimum Gasteiger partial charge on any atom is -0.368 e. The van der Waals surface area contributed by atoms with Crippen molar-refractivity contribution in [3.8, 4) is 6.07 Å². The molecule has 2 rings (SSSR count). The first kappa shape index (κ1) is 12.0. The highest BCUT2D eigenvalue weighted by atomic mass is 15.2. The fraction of sp³-hybridized carbons (Fsp3) is 0.533. The van der Waals surface area contributed by atoms with E-state index in [4.69, 9.17) is 5.26 Å². The van der Waals surface area contributed by atoms with Crippen LogP contribution in [0.5, 0.6) is 0 Å². The summed E-state index contributed by atoms with van der Waals surface area (Å²) in [6.45, 7) is 7.87. The highest BCUT2D eigenvalue weighted by molar-refractivity contribution is 5.57. The first-order valence-corrected chi connectivity index (χ1v) is 6.41. The molecule has 0 spiro atoms. The van der Waals surface area contributed by atoms with E-state index < -0.39 is 0 Å². The van der Waals surface area contributed by atoms with E-state index in [0.29, 0.717) is 6.04 Å². The van der Waals surface area contributed by atoms with Gasteiger partial charge in [-0.25, -0.2) is 0 Å². The first-order valence-electron chi connectivity index (χ1n) is 6.41. The Morgan fingerprint density at radius 1 is 1.35 bits per heavy atom. The average molecular weight is 228 g/mol. The number of benzene rings is 1. The van der Waals surface area contributed by atoms with Gasteiger partial charge in [0.15, 0.2) is 0 Å². The Morgan fingerprint density at radius 2 is 2.12 bits per heavy atom. The summed E-state index contributed by atoms with van der Waals surface area (Å²) >= 11 is 0. The van der Waals surface area contributed by atoms with Crippen LogP contribution in [0.25, 0.3) is 0 Å². The number of hydrogen-bond acceptors (Lipinski definition) is 2. The summed E-state index contributed by atoms with van der Waals surface area (Å²) in [5.74, 6) is 0.749. The third kappa shape index (κ3) is 2.29. The largest absolute Gasteiger partial charge is 0.368 e. The Hall–Kier alpha value is -1.49. The number of rotatable bonds is 1. The molecule has 2 heteroatoms. The lowest BCUT2D eigenvalue weighted by atomic mass is 9.91. The average Bonchev–Trinajstić information content (AvgIpc) is 2.33. The lowest BCUT2D eigenvalue weighted by Gasteiger charge is -2.40. The van der Waals surface area contributed by atoms with E-state index in [1.807, 2.05) is 12.1 Å². The molecule has 2 nitrogen and oxygen atoms in total. The van der Waals surface area contributed by atoms with E-state index in [1.165, 1.54) is 24.1 Å². The molecule has 0 saturated carbocycles. The van der Waals surface area contributed by atoms with Crippen molar-refractivity contribution in [3.05, 3.63) is 29.3 Å². The quantitative estimate of drug-likeness (QED) is 0.735. The fourth-order valence-electron chi connectivity index (χ4n) is 2.72. The Bertz CT molecular complexity index is 445. The number of hydrogen-bond donors (Lipinski definition) is 0. The fourth-order valence-corrected chi connectivity index (χ4v) is 2.72. The van der Waals surface area contributed by atoms with Gasteiger partial charge >= 0.3 is 0 Å². The van der Waals surface area contributed by atoms with Gasteiger partial charge < -0.3 is 4.90 Å². The van der Waals surface area contributed by atoms with Crippen molar-refractivity contribution in [2.24, 2.45) is 5.92 Å². The lowest BCUT2D eigenvalue weighted by molar-refractivity contribution is 0.363. The van der Waals surface area contributed by atoms with Crippen molar-refractivity contribution >= 4 is 5.69 Å². The third-order valence-electron chi connectivity index (χ3n) is 4.01. The number of aryl methyl sites for hydroxylation is 1. The molecule has 90 valence electrons. The summed E-state index contributed by atoms with van der Waals surface area (Å²) in [6, 6.07) is 8.80. The predicted octanol–water partition coefficient (Wildman–Crippen LogP) is 3.49. The van der Waals surface area contributed by atoms with Gasteiger partial charge in [-0.3, -0.25) is 0 Å². The zero-order chi connectivity index (χ0) is 12.4. The maximum atomic E-state index is 8.89. The van der Waals surface area contributed by atoms with Crippen LogP contribution in [0.15, 0.2) is 18.2 Å². The smallest absolute Gasteiger partial charge is 0.0991 e. The highest BCUT2D eigenvalue weighted by Gasteiger charge is 2.25. The van der Waals surface area contributed by atoms with Crippen LogP contribution >= 0.6 is 0 Å². The molecule has 1 aromatic carbocycles. The van der Waals surface area contributed by atoms with E-state index in [9.17, 15) is 0 Å². The maximum Gasteiger partial charge on any atom is 0.0991 e. The van der Waals surface area contributed by atoms with Gasteiger partial charge in [0, 0.05) is 18.3 Å². The van der Waals surface area contributed by atoms with Gasteiger partial charge in [0.2, 0.25) is 0 Å². The van der Waals surface area contributed by atoms with Gasteiger partial charge in [0.1, 0.15) is 0 Å². The zero-order valence-corrected chi connectivity index (χ0v) is 10.9. The second-order valence-corrected chi connectivity index (χ2v) is 5.17. The summed E-state index contributed by atoms with van der Waals surface area (Å²) < 4.78 is 0. The zero-order valence-electron chi connectivity index (χ0n) is 10.9. The molecule has 2 unspecified atom stereocenters. The molecule has 0 aliphatic carbocycles. The van der Waals surface area contributed by atoms with E-state index in [-0.39, 0.29) is 0 Å². The maximum absolute atomic E-state index is 8.89. The minimum absolute atomic E-state index is 0.593. The number of anilines is 1. The molecule has 1 aromatic rings. The van der Waals surface area contributed by atoms with E-state index in [2.05, 4.69) is 37.8 Å². The molecule has 0 radical (unpaired) electrons. The second kappa shape index (κ2) is 4.79. The van der Waals surface area contributed by atoms with Crippen molar-refractivity contribution in [1.29, 1.82) is 5.26 Å². The Labute approximate surface area is 104 Å². The van der Waals surface area contributed by atoms with E-state index in [1.54, 1.807) is 0 Å². The molecule has 1 aliphatic rings. The van der Waals surface area contributed by atoms with Crippen LogP contribution in [0, 0.1) is 24.2 Å². The monoisotopic (exact) mass is 228 g/mol. The Balaban J connectivity index is 2.31. The topological polar surface area (TPSA) is 27.0 Å². The molecular formula is C15H20N2. The Kier molecular flexibility index (Phi) is 3.38. The molecule has 0 N–H and O–H groups in total. The molecule has 1 aliphatic heterocycles. The molecule has 17 heavy (non-hydrogen) atoms. The first-order chi connectivity index (χ1) is 8.13. The van der Waals surface area contributed by atoms with Crippen molar-refractivity contribution in [2.45, 2.75) is 39.7 Å². The molecule has 0 bridgehead atoms. The lowest BCUT2D eigenvalue weighted by Crippen LogP contribution is -2.42. The molecule has 1 saturated heterocycles. The summed E-state index contributed by atoms with van der Waals surface area (Å²) in [4.78, 5) is 2.49. The summed E-state index contributed by atoms with van der Waals surface area (Å²) in [6.07, 6.45) is 2.60. The van der Waals surface area contributed by atoms with Gasteiger partial charge in [0.05, 0.1) is 11.6 Å². The van der Waals surface area contributed by atoms with Crippen LogP contribution < -0.4 is 4.90 Å². The van der Waals surface area contributed by atoms with Crippen molar-refractivity contribution < 1.29 is 0 Å². The van der Waals surface area contributed by atoms with Gasteiger partial charge in [-0.1, -0.05) is 6.92 Å². The highest BCUT2D eigenvalue weighted by Crippen LogP contribution is 2.30. The van der Waals surface area contributed by atoms with Crippen molar-refractivity contribution in [3.63, 3.8) is 0 Å².